The highest BCUT2D eigenvalue weighted by Crippen LogP contribution is 2.25. The first-order chi connectivity index (χ1) is 8.96. The van der Waals surface area contributed by atoms with Crippen molar-refractivity contribution in [2.75, 3.05) is 20.3 Å². The minimum Gasteiger partial charge on any atom is -0.392 e. The smallest absolute Gasteiger partial charge is 0.243 e. The lowest BCUT2D eigenvalue weighted by Gasteiger charge is -2.22. The normalized spacial score (nSPS) is 20.1. The zero-order valence-corrected chi connectivity index (χ0v) is 12.1. The van der Waals surface area contributed by atoms with E-state index in [1.54, 1.807) is 7.05 Å². The van der Waals surface area contributed by atoms with E-state index in [9.17, 15) is 8.42 Å². The van der Waals surface area contributed by atoms with Crippen LogP contribution in [0.15, 0.2) is 23.1 Å². The standard InChI is InChI=1S/C12H16ClNO4S/c1-14(10-4-5-18-8-10)19(16,17)11-3-2-9(7-15)12(13)6-11/h2-3,6,10,15H,4-5,7-8H2,1H3. The largest absolute Gasteiger partial charge is 0.392 e. The number of ether oxygens (including phenoxy) is 1. The van der Waals surface area contributed by atoms with Gasteiger partial charge in [-0.25, -0.2) is 8.42 Å². The number of aliphatic hydroxyl groups is 1. The van der Waals surface area contributed by atoms with Crippen molar-refractivity contribution in [2.45, 2.75) is 24.0 Å². The van der Waals surface area contributed by atoms with Crippen LogP contribution in [-0.2, 0) is 21.4 Å². The molecule has 1 heterocycles. The van der Waals surface area contributed by atoms with Crippen LogP contribution >= 0.6 is 11.6 Å². The molecule has 1 aromatic carbocycles. The van der Waals surface area contributed by atoms with Gasteiger partial charge in [0.2, 0.25) is 10.0 Å². The minimum absolute atomic E-state index is 0.129. The zero-order valence-electron chi connectivity index (χ0n) is 10.5. The van der Waals surface area contributed by atoms with Gasteiger partial charge in [0.1, 0.15) is 0 Å². The number of aliphatic hydroxyl groups excluding tert-OH is 1. The maximum absolute atomic E-state index is 12.4. The van der Waals surface area contributed by atoms with E-state index in [2.05, 4.69) is 0 Å². The third kappa shape index (κ3) is 2.93. The molecule has 7 heteroatoms. The molecule has 1 N–H and O–H groups in total. The molecule has 0 aliphatic carbocycles. The number of nitrogens with zero attached hydrogens (tertiary/aromatic N) is 1. The number of hydrogen-bond donors (Lipinski definition) is 1. The summed E-state index contributed by atoms with van der Waals surface area (Å²) >= 11 is 5.93. The van der Waals surface area contributed by atoms with Crippen LogP contribution in [0.5, 0.6) is 0 Å². The lowest BCUT2D eigenvalue weighted by atomic mass is 10.2. The van der Waals surface area contributed by atoms with Crippen LogP contribution in [0, 0.1) is 0 Å². The van der Waals surface area contributed by atoms with Crippen LogP contribution in [0.25, 0.3) is 0 Å². The van der Waals surface area contributed by atoms with Crippen molar-refractivity contribution in [1.29, 1.82) is 0 Å². The average Bonchev–Trinajstić information content (AvgIpc) is 2.91. The molecule has 1 fully saturated rings. The van der Waals surface area contributed by atoms with Gasteiger partial charge in [-0.05, 0) is 24.1 Å². The summed E-state index contributed by atoms with van der Waals surface area (Å²) in [6.07, 6.45) is 0.693. The second-order valence-electron chi connectivity index (χ2n) is 4.45. The summed E-state index contributed by atoms with van der Waals surface area (Å²) in [5.74, 6) is 0. The Hall–Kier alpha value is -0.660. The van der Waals surface area contributed by atoms with Crippen LogP contribution in [0.4, 0.5) is 0 Å². The van der Waals surface area contributed by atoms with Crippen LogP contribution in [0.2, 0.25) is 5.02 Å². The van der Waals surface area contributed by atoms with E-state index in [1.165, 1.54) is 22.5 Å². The number of sulfonamides is 1. The first kappa shape index (κ1) is 14.7. The minimum atomic E-state index is -3.58. The first-order valence-corrected chi connectivity index (χ1v) is 7.73. The molecule has 0 amide bonds. The molecule has 0 spiro atoms. The Labute approximate surface area is 117 Å². The van der Waals surface area contributed by atoms with Gasteiger partial charge < -0.3 is 9.84 Å². The zero-order chi connectivity index (χ0) is 14.0. The monoisotopic (exact) mass is 305 g/mol. The van der Waals surface area contributed by atoms with Gasteiger partial charge in [-0.2, -0.15) is 4.31 Å². The third-order valence-electron chi connectivity index (χ3n) is 3.29. The van der Waals surface area contributed by atoms with Crippen molar-refractivity contribution in [1.82, 2.24) is 4.31 Å². The second kappa shape index (κ2) is 5.76. The summed E-state index contributed by atoms with van der Waals surface area (Å²) in [4.78, 5) is 0.129. The first-order valence-electron chi connectivity index (χ1n) is 5.92. The maximum atomic E-state index is 12.4. The Morgan fingerprint density at radius 3 is 2.79 bits per heavy atom. The predicted octanol–water partition coefficient (Wildman–Crippen LogP) is 1.24. The van der Waals surface area contributed by atoms with Crippen LogP contribution in [-0.4, -0.2) is 44.1 Å². The van der Waals surface area contributed by atoms with Gasteiger partial charge >= 0.3 is 0 Å². The van der Waals surface area contributed by atoms with Crippen molar-refractivity contribution >= 4 is 21.6 Å². The molecule has 2 rings (SSSR count). The van der Waals surface area contributed by atoms with Gasteiger partial charge in [0, 0.05) is 18.7 Å². The molecule has 1 atom stereocenters. The van der Waals surface area contributed by atoms with Gasteiger partial charge in [0.05, 0.1) is 24.2 Å². The molecular formula is C12H16ClNO4S. The SMILES string of the molecule is CN(C1CCOC1)S(=O)(=O)c1ccc(CO)c(Cl)c1. The Morgan fingerprint density at radius 1 is 1.53 bits per heavy atom. The highest BCUT2D eigenvalue weighted by molar-refractivity contribution is 7.89. The van der Waals surface area contributed by atoms with Crippen molar-refractivity contribution in [2.24, 2.45) is 0 Å². The molecule has 1 aliphatic heterocycles. The summed E-state index contributed by atoms with van der Waals surface area (Å²) in [6, 6.07) is 4.21. The summed E-state index contributed by atoms with van der Waals surface area (Å²) in [7, 11) is -2.04. The average molecular weight is 306 g/mol. The van der Waals surface area contributed by atoms with E-state index in [0.717, 1.165) is 0 Å². The number of hydrogen-bond acceptors (Lipinski definition) is 4. The summed E-state index contributed by atoms with van der Waals surface area (Å²) in [5.41, 5.74) is 0.507. The molecule has 0 aromatic heterocycles. The van der Waals surface area contributed by atoms with Gasteiger partial charge in [0.25, 0.3) is 0 Å². The van der Waals surface area contributed by atoms with E-state index in [4.69, 9.17) is 21.4 Å². The molecule has 0 radical (unpaired) electrons. The van der Waals surface area contributed by atoms with Gasteiger partial charge in [-0.15, -0.1) is 0 Å². The fourth-order valence-electron chi connectivity index (χ4n) is 1.99. The molecule has 0 bridgehead atoms. The third-order valence-corrected chi connectivity index (χ3v) is 5.55. The van der Waals surface area contributed by atoms with Gasteiger partial charge in [-0.1, -0.05) is 17.7 Å². The maximum Gasteiger partial charge on any atom is 0.243 e. The molecule has 5 nitrogen and oxygen atoms in total. The van der Waals surface area contributed by atoms with Crippen LogP contribution in [0.1, 0.15) is 12.0 Å². The van der Waals surface area contributed by atoms with E-state index in [1.807, 2.05) is 0 Å². The van der Waals surface area contributed by atoms with Crippen LogP contribution < -0.4 is 0 Å². The number of rotatable bonds is 4. The van der Waals surface area contributed by atoms with Crippen molar-refractivity contribution < 1.29 is 18.3 Å². The highest BCUT2D eigenvalue weighted by Gasteiger charge is 2.30. The molecule has 1 aromatic rings. The number of halogens is 1. The molecule has 106 valence electrons. The van der Waals surface area contributed by atoms with E-state index in [0.29, 0.717) is 25.2 Å². The second-order valence-corrected chi connectivity index (χ2v) is 6.85. The quantitative estimate of drug-likeness (QED) is 0.909. The van der Waals surface area contributed by atoms with Crippen molar-refractivity contribution in [3.63, 3.8) is 0 Å². The molecule has 1 saturated heterocycles. The Bertz CT molecular complexity index is 555. The molecule has 1 aliphatic rings. The lowest BCUT2D eigenvalue weighted by Crippen LogP contribution is -2.37. The number of benzene rings is 1. The Balaban J connectivity index is 2.30. The molecular weight excluding hydrogens is 290 g/mol. The van der Waals surface area contributed by atoms with Crippen molar-refractivity contribution in [3.8, 4) is 0 Å². The highest BCUT2D eigenvalue weighted by atomic mass is 35.5. The van der Waals surface area contributed by atoms with E-state index >= 15 is 0 Å². The summed E-state index contributed by atoms with van der Waals surface area (Å²) in [5, 5.41) is 9.28. The summed E-state index contributed by atoms with van der Waals surface area (Å²) < 4.78 is 31.4. The topological polar surface area (TPSA) is 66.8 Å². The van der Waals surface area contributed by atoms with Crippen LogP contribution in [0.3, 0.4) is 0 Å². The Kier molecular flexibility index (Phi) is 4.47. The fourth-order valence-corrected chi connectivity index (χ4v) is 3.69. The molecule has 19 heavy (non-hydrogen) atoms. The Morgan fingerprint density at radius 2 is 2.26 bits per heavy atom. The summed E-state index contributed by atoms with van der Waals surface area (Å²) in [6.45, 7) is 0.776. The van der Waals surface area contributed by atoms with E-state index < -0.39 is 10.0 Å². The molecule has 0 saturated carbocycles. The van der Waals surface area contributed by atoms with Gasteiger partial charge in [-0.3, -0.25) is 0 Å². The fraction of sp³-hybridized carbons (Fsp3) is 0.500. The van der Waals surface area contributed by atoms with Gasteiger partial charge in [0.15, 0.2) is 0 Å². The van der Waals surface area contributed by atoms with Crippen molar-refractivity contribution in [3.05, 3.63) is 28.8 Å². The lowest BCUT2D eigenvalue weighted by molar-refractivity contribution is 0.181. The van der Waals surface area contributed by atoms with E-state index in [-0.39, 0.29) is 22.6 Å². The molecule has 1 unspecified atom stereocenters. The number of likely N-dealkylation sites (N-methyl/N-ethyl adjacent to an activating group) is 1. The predicted molar refractivity (Wildman–Crippen MR) is 71.5 cm³/mol.